The molecule has 6 nitrogen and oxygen atoms in total. The molecule has 0 amide bonds. The van der Waals surface area contributed by atoms with E-state index in [9.17, 15) is 0 Å². The van der Waals surface area contributed by atoms with Crippen molar-refractivity contribution in [2.75, 3.05) is 5.32 Å². The van der Waals surface area contributed by atoms with Gasteiger partial charge in [0.2, 0.25) is 0 Å². The van der Waals surface area contributed by atoms with Gasteiger partial charge in [0.25, 0.3) is 0 Å². The van der Waals surface area contributed by atoms with E-state index >= 15 is 0 Å². The lowest BCUT2D eigenvalue weighted by atomic mass is 10.2. The first-order valence-electron chi connectivity index (χ1n) is 7.74. The molecule has 0 aliphatic heterocycles. The van der Waals surface area contributed by atoms with Crippen molar-refractivity contribution in [2.45, 2.75) is 13.0 Å². The Bertz CT molecular complexity index is 946. The topological polar surface area (TPSA) is 68.5 Å². The average molecular weight is 316 g/mol. The number of para-hydroxylation sites is 1. The molecule has 2 aromatic heterocycles. The third kappa shape index (κ3) is 2.69. The second-order valence-electron chi connectivity index (χ2n) is 5.53. The zero-order valence-electron chi connectivity index (χ0n) is 13.2. The molecule has 118 valence electrons. The monoisotopic (exact) mass is 316 g/mol. The van der Waals surface area contributed by atoms with E-state index in [4.69, 9.17) is 0 Å². The zero-order chi connectivity index (χ0) is 16.4. The summed E-state index contributed by atoms with van der Waals surface area (Å²) in [6.07, 6.45) is 5.15. The quantitative estimate of drug-likeness (QED) is 0.625. The summed E-state index contributed by atoms with van der Waals surface area (Å²) in [6, 6.07) is 16.1. The minimum absolute atomic E-state index is 0.0803. The van der Waals surface area contributed by atoms with E-state index < -0.39 is 0 Å². The fourth-order valence-corrected chi connectivity index (χ4v) is 2.62. The molecule has 0 aliphatic carbocycles. The van der Waals surface area contributed by atoms with Gasteiger partial charge in [-0.05, 0) is 43.3 Å². The first-order chi connectivity index (χ1) is 11.8. The van der Waals surface area contributed by atoms with Gasteiger partial charge in [-0.15, -0.1) is 5.10 Å². The molecule has 0 saturated carbocycles. The number of nitrogens with one attached hydrogen (secondary N) is 1. The lowest BCUT2D eigenvalue weighted by molar-refractivity contribution is 0.819. The largest absolute Gasteiger partial charge is 0.377 e. The Morgan fingerprint density at radius 3 is 2.62 bits per heavy atom. The summed E-state index contributed by atoms with van der Waals surface area (Å²) >= 11 is 0. The van der Waals surface area contributed by atoms with Gasteiger partial charge in [0, 0.05) is 18.1 Å². The summed E-state index contributed by atoms with van der Waals surface area (Å²) < 4.78 is 1.84. The van der Waals surface area contributed by atoms with Crippen molar-refractivity contribution in [3.8, 4) is 5.69 Å². The molecular weight excluding hydrogens is 300 g/mol. The maximum absolute atomic E-state index is 4.32. The molecular formula is C18H16N6. The van der Waals surface area contributed by atoms with Crippen LogP contribution in [-0.4, -0.2) is 25.0 Å². The lowest BCUT2D eigenvalue weighted by Gasteiger charge is -2.14. The van der Waals surface area contributed by atoms with Crippen LogP contribution in [0, 0.1) is 0 Å². The van der Waals surface area contributed by atoms with Gasteiger partial charge < -0.3 is 5.32 Å². The number of hydrogen-bond acceptors (Lipinski definition) is 5. The summed E-state index contributed by atoms with van der Waals surface area (Å²) in [5.74, 6) is 0. The van der Waals surface area contributed by atoms with Crippen LogP contribution < -0.4 is 5.32 Å². The maximum Gasteiger partial charge on any atom is 0.113 e. The second kappa shape index (κ2) is 6.08. The average Bonchev–Trinajstić information content (AvgIpc) is 3.07. The molecule has 0 radical (unpaired) electrons. The van der Waals surface area contributed by atoms with Gasteiger partial charge in [0.15, 0.2) is 0 Å². The van der Waals surface area contributed by atoms with Gasteiger partial charge in [0.05, 0.1) is 29.1 Å². The predicted octanol–water partition coefficient (Wildman–Crippen LogP) is 3.38. The maximum atomic E-state index is 4.32. The zero-order valence-corrected chi connectivity index (χ0v) is 13.2. The number of rotatable bonds is 4. The van der Waals surface area contributed by atoms with Crippen molar-refractivity contribution in [2.24, 2.45) is 0 Å². The minimum Gasteiger partial charge on any atom is -0.377 e. The molecule has 0 aliphatic rings. The van der Waals surface area contributed by atoms with Crippen molar-refractivity contribution in [1.29, 1.82) is 0 Å². The fourth-order valence-electron chi connectivity index (χ4n) is 2.62. The van der Waals surface area contributed by atoms with Gasteiger partial charge in [-0.25, -0.2) is 4.68 Å². The molecule has 2 aromatic carbocycles. The Balaban J connectivity index is 1.57. The van der Waals surface area contributed by atoms with Crippen LogP contribution in [0.1, 0.15) is 18.7 Å². The van der Waals surface area contributed by atoms with Crippen LogP contribution in [0.25, 0.3) is 16.7 Å². The van der Waals surface area contributed by atoms with E-state index in [1.807, 2.05) is 53.2 Å². The van der Waals surface area contributed by atoms with Crippen LogP contribution in [0.15, 0.2) is 67.1 Å². The van der Waals surface area contributed by atoms with E-state index in [0.29, 0.717) is 0 Å². The van der Waals surface area contributed by atoms with Gasteiger partial charge >= 0.3 is 0 Å². The molecule has 24 heavy (non-hydrogen) atoms. The number of fused-ring (bicyclic) bond motifs is 1. The third-order valence-corrected chi connectivity index (χ3v) is 3.87. The van der Waals surface area contributed by atoms with Gasteiger partial charge in [-0.2, -0.15) is 0 Å². The number of hydrogen-bond donors (Lipinski definition) is 1. The first kappa shape index (κ1) is 14.3. The highest BCUT2D eigenvalue weighted by atomic mass is 15.4. The number of nitrogens with zero attached hydrogens (tertiary/aromatic N) is 5. The highest BCUT2D eigenvalue weighted by molar-refractivity contribution is 5.76. The van der Waals surface area contributed by atoms with Crippen molar-refractivity contribution < 1.29 is 0 Å². The van der Waals surface area contributed by atoms with Crippen molar-refractivity contribution in [3.63, 3.8) is 0 Å². The third-order valence-electron chi connectivity index (χ3n) is 3.87. The van der Waals surface area contributed by atoms with E-state index in [2.05, 4.69) is 32.5 Å². The Hall–Kier alpha value is -3.28. The molecule has 1 N–H and O–H groups in total. The SMILES string of the molecule is CC(Nc1ccc(-n2nnc3ccccc32)cc1)c1cnccn1. The normalized spacial score (nSPS) is 12.2. The van der Waals surface area contributed by atoms with Gasteiger partial charge in [0.1, 0.15) is 5.52 Å². The van der Waals surface area contributed by atoms with E-state index in [1.54, 1.807) is 18.6 Å². The second-order valence-corrected chi connectivity index (χ2v) is 5.53. The molecule has 2 heterocycles. The van der Waals surface area contributed by atoms with Crippen molar-refractivity contribution in [1.82, 2.24) is 25.0 Å². The van der Waals surface area contributed by atoms with Crippen LogP contribution in [0.3, 0.4) is 0 Å². The molecule has 0 saturated heterocycles. The molecule has 1 atom stereocenters. The van der Waals surface area contributed by atoms with Crippen molar-refractivity contribution in [3.05, 3.63) is 72.8 Å². The fraction of sp³-hybridized carbons (Fsp3) is 0.111. The number of anilines is 1. The molecule has 1 unspecified atom stereocenters. The molecule has 4 aromatic rings. The molecule has 0 bridgehead atoms. The number of benzene rings is 2. The first-order valence-corrected chi connectivity index (χ1v) is 7.74. The van der Waals surface area contributed by atoms with Crippen LogP contribution in [0.2, 0.25) is 0 Å². The molecule has 4 rings (SSSR count). The highest BCUT2D eigenvalue weighted by Crippen LogP contribution is 2.20. The smallest absolute Gasteiger partial charge is 0.113 e. The summed E-state index contributed by atoms with van der Waals surface area (Å²) in [5, 5.41) is 11.8. The van der Waals surface area contributed by atoms with Crippen molar-refractivity contribution >= 4 is 16.7 Å². The van der Waals surface area contributed by atoms with Gasteiger partial charge in [-0.1, -0.05) is 17.3 Å². The van der Waals surface area contributed by atoms with E-state index in [-0.39, 0.29) is 6.04 Å². The Kier molecular flexibility index (Phi) is 3.63. The summed E-state index contributed by atoms with van der Waals surface area (Å²) in [6.45, 7) is 2.06. The summed E-state index contributed by atoms with van der Waals surface area (Å²) in [5.41, 5.74) is 4.77. The van der Waals surface area contributed by atoms with E-state index in [0.717, 1.165) is 28.1 Å². The molecule has 6 heteroatoms. The number of aromatic nitrogens is 5. The van der Waals surface area contributed by atoms with Crippen LogP contribution in [0.5, 0.6) is 0 Å². The van der Waals surface area contributed by atoms with Crippen LogP contribution >= 0.6 is 0 Å². The van der Waals surface area contributed by atoms with E-state index in [1.165, 1.54) is 0 Å². The Labute approximate surface area is 139 Å². The summed E-state index contributed by atoms with van der Waals surface area (Å²) in [7, 11) is 0. The summed E-state index contributed by atoms with van der Waals surface area (Å²) in [4.78, 5) is 8.42. The van der Waals surface area contributed by atoms with Crippen LogP contribution in [0.4, 0.5) is 5.69 Å². The predicted molar refractivity (Wildman–Crippen MR) is 92.9 cm³/mol. The van der Waals surface area contributed by atoms with Crippen LogP contribution in [-0.2, 0) is 0 Å². The Morgan fingerprint density at radius 1 is 1.00 bits per heavy atom. The minimum atomic E-state index is 0.0803. The van der Waals surface area contributed by atoms with Gasteiger partial charge in [-0.3, -0.25) is 9.97 Å². The standard InChI is InChI=1S/C18H16N6/c1-13(17-12-19-10-11-20-17)21-14-6-8-15(9-7-14)24-18-5-3-2-4-16(18)22-23-24/h2-13,21H,1H3. The molecule has 0 fully saturated rings. The molecule has 0 spiro atoms. The Morgan fingerprint density at radius 2 is 1.83 bits per heavy atom. The highest BCUT2D eigenvalue weighted by Gasteiger charge is 2.08. The lowest BCUT2D eigenvalue weighted by Crippen LogP contribution is -2.08.